The Morgan fingerprint density at radius 2 is 2.00 bits per heavy atom. The van der Waals surface area contributed by atoms with Crippen LogP contribution in [0.2, 0.25) is 5.02 Å². The summed E-state index contributed by atoms with van der Waals surface area (Å²) in [6, 6.07) is 4.27. The van der Waals surface area contributed by atoms with Crippen LogP contribution in [0.5, 0.6) is 0 Å². The lowest BCUT2D eigenvalue weighted by molar-refractivity contribution is -0.119. The van der Waals surface area contributed by atoms with Gasteiger partial charge in [-0.3, -0.25) is 0 Å². The zero-order valence-corrected chi connectivity index (χ0v) is 9.59. The highest BCUT2D eigenvalue weighted by Gasteiger charge is 2.31. The fourth-order valence-electron chi connectivity index (χ4n) is 1.41. The Labute approximate surface area is 102 Å². The van der Waals surface area contributed by atoms with Gasteiger partial charge in [0.2, 0.25) is 0 Å². The molecule has 1 rings (SSSR count). The van der Waals surface area contributed by atoms with Crippen LogP contribution in [-0.2, 0) is 0 Å². The van der Waals surface area contributed by atoms with Crippen molar-refractivity contribution >= 4 is 23.0 Å². The van der Waals surface area contributed by atoms with Crippen LogP contribution in [0.15, 0.2) is 18.2 Å². The first-order valence-electron chi connectivity index (χ1n) is 4.81. The van der Waals surface area contributed by atoms with Gasteiger partial charge in [-0.2, -0.15) is 13.2 Å². The van der Waals surface area contributed by atoms with Crippen molar-refractivity contribution in [1.82, 2.24) is 0 Å². The zero-order chi connectivity index (χ0) is 13.1. The van der Waals surface area contributed by atoms with Crippen LogP contribution in [0.3, 0.4) is 0 Å². The van der Waals surface area contributed by atoms with E-state index >= 15 is 0 Å². The molecule has 0 radical (unpaired) electrons. The number of nitrogens with two attached hydrogens (primary N) is 1. The minimum Gasteiger partial charge on any atom is -0.397 e. The van der Waals surface area contributed by atoms with Crippen LogP contribution in [0, 0.1) is 0 Å². The van der Waals surface area contributed by atoms with Crippen molar-refractivity contribution in [2.24, 2.45) is 0 Å². The van der Waals surface area contributed by atoms with E-state index in [0.717, 1.165) is 4.90 Å². The zero-order valence-electron chi connectivity index (χ0n) is 8.84. The molecule has 0 aromatic heterocycles. The van der Waals surface area contributed by atoms with E-state index in [9.17, 15) is 13.2 Å². The van der Waals surface area contributed by atoms with Crippen molar-refractivity contribution in [2.45, 2.75) is 6.18 Å². The molecular formula is C10H12ClF3N2O. The molecular weight excluding hydrogens is 257 g/mol. The summed E-state index contributed by atoms with van der Waals surface area (Å²) < 4.78 is 37.0. The molecule has 0 spiro atoms. The first-order valence-corrected chi connectivity index (χ1v) is 5.19. The third kappa shape index (κ3) is 4.32. The van der Waals surface area contributed by atoms with Gasteiger partial charge in [-0.05, 0) is 18.2 Å². The highest BCUT2D eigenvalue weighted by atomic mass is 35.5. The van der Waals surface area contributed by atoms with Crippen molar-refractivity contribution in [3.63, 3.8) is 0 Å². The quantitative estimate of drug-likeness (QED) is 0.824. The molecule has 3 nitrogen and oxygen atoms in total. The van der Waals surface area contributed by atoms with Crippen molar-refractivity contribution in [2.75, 3.05) is 30.3 Å². The summed E-state index contributed by atoms with van der Waals surface area (Å²) in [4.78, 5) is 0.946. The Hall–Kier alpha value is -1.14. The average Bonchev–Trinajstić information content (AvgIpc) is 2.19. The number of anilines is 2. The van der Waals surface area contributed by atoms with Gasteiger partial charge in [0, 0.05) is 11.6 Å². The Balaban J connectivity index is 3.00. The molecule has 0 fully saturated rings. The summed E-state index contributed by atoms with van der Waals surface area (Å²) in [5.74, 6) is 0. The number of rotatable bonds is 4. The summed E-state index contributed by atoms with van der Waals surface area (Å²) in [5.41, 5.74) is 5.95. The molecule has 0 atom stereocenters. The van der Waals surface area contributed by atoms with Crippen LogP contribution in [0.4, 0.5) is 24.5 Å². The summed E-state index contributed by atoms with van der Waals surface area (Å²) in [6.07, 6.45) is -4.37. The topological polar surface area (TPSA) is 49.5 Å². The lowest BCUT2D eigenvalue weighted by atomic mass is 10.2. The van der Waals surface area contributed by atoms with Crippen LogP contribution in [0.1, 0.15) is 0 Å². The number of hydrogen-bond donors (Lipinski definition) is 2. The van der Waals surface area contributed by atoms with Crippen molar-refractivity contribution < 1.29 is 18.3 Å². The molecule has 1 aromatic rings. The Kier molecular flexibility index (Phi) is 4.47. The van der Waals surface area contributed by atoms with E-state index in [4.69, 9.17) is 22.4 Å². The van der Waals surface area contributed by atoms with Crippen molar-refractivity contribution in [3.05, 3.63) is 23.2 Å². The van der Waals surface area contributed by atoms with Gasteiger partial charge in [0.05, 0.1) is 18.0 Å². The third-order valence-electron chi connectivity index (χ3n) is 2.07. The molecule has 96 valence electrons. The minimum absolute atomic E-state index is 0.163. The molecule has 0 bridgehead atoms. The van der Waals surface area contributed by atoms with Gasteiger partial charge in [-0.25, -0.2) is 0 Å². The SMILES string of the molecule is Nc1ccc(Cl)cc1N(CCO)CC(F)(F)F. The van der Waals surface area contributed by atoms with E-state index in [1.54, 1.807) is 0 Å². The molecule has 0 heterocycles. The van der Waals surface area contributed by atoms with Crippen molar-refractivity contribution in [1.29, 1.82) is 0 Å². The lowest BCUT2D eigenvalue weighted by Gasteiger charge is -2.26. The van der Waals surface area contributed by atoms with Crippen LogP contribution >= 0.6 is 11.6 Å². The van der Waals surface area contributed by atoms with Gasteiger partial charge in [-0.1, -0.05) is 11.6 Å². The van der Waals surface area contributed by atoms with Gasteiger partial charge < -0.3 is 15.7 Å². The number of halogens is 4. The molecule has 0 aliphatic heterocycles. The highest BCUT2D eigenvalue weighted by Crippen LogP contribution is 2.29. The van der Waals surface area contributed by atoms with E-state index in [0.29, 0.717) is 5.02 Å². The van der Waals surface area contributed by atoms with Gasteiger partial charge >= 0.3 is 6.18 Å². The van der Waals surface area contributed by atoms with E-state index in [2.05, 4.69) is 0 Å². The smallest absolute Gasteiger partial charge is 0.397 e. The molecule has 0 saturated heterocycles. The summed E-state index contributed by atoms with van der Waals surface area (Å²) in [6.45, 7) is -1.75. The maximum atomic E-state index is 12.3. The molecule has 7 heteroatoms. The second-order valence-corrected chi connectivity index (χ2v) is 3.90. The van der Waals surface area contributed by atoms with Crippen LogP contribution in [-0.4, -0.2) is 31.0 Å². The Morgan fingerprint density at radius 3 is 2.53 bits per heavy atom. The summed E-state index contributed by atoms with van der Waals surface area (Å²) >= 11 is 5.71. The van der Waals surface area contributed by atoms with Crippen molar-refractivity contribution in [3.8, 4) is 0 Å². The van der Waals surface area contributed by atoms with Crippen LogP contribution in [0.25, 0.3) is 0 Å². The number of aliphatic hydroxyl groups is 1. The first-order chi connectivity index (χ1) is 7.83. The molecule has 0 unspecified atom stereocenters. The van der Waals surface area contributed by atoms with Gasteiger partial charge in [-0.15, -0.1) is 0 Å². The Bertz CT molecular complexity index is 384. The predicted molar refractivity (Wildman–Crippen MR) is 61.2 cm³/mol. The van der Waals surface area contributed by atoms with Gasteiger partial charge in [0.25, 0.3) is 0 Å². The second-order valence-electron chi connectivity index (χ2n) is 3.46. The summed E-state index contributed by atoms with van der Waals surface area (Å²) in [5, 5.41) is 9.06. The van der Waals surface area contributed by atoms with Gasteiger partial charge in [0.15, 0.2) is 0 Å². The number of alkyl halides is 3. The molecule has 0 saturated carbocycles. The molecule has 0 aliphatic carbocycles. The minimum atomic E-state index is -4.37. The maximum Gasteiger partial charge on any atom is 0.405 e. The second kappa shape index (κ2) is 5.46. The normalized spacial score (nSPS) is 11.6. The Morgan fingerprint density at radius 1 is 1.35 bits per heavy atom. The molecule has 0 aliphatic rings. The number of nitrogen functional groups attached to an aromatic ring is 1. The third-order valence-corrected chi connectivity index (χ3v) is 2.31. The number of hydrogen-bond acceptors (Lipinski definition) is 3. The molecule has 1 aromatic carbocycles. The van der Waals surface area contributed by atoms with Crippen LogP contribution < -0.4 is 10.6 Å². The number of nitrogens with zero attached hydrogens (tertiary/aromatic N) is 1. The maximum absolute atomic E-state index is 12.3. The monoisotopic (exact) mass is 268 g/mol. The van der Waals surface area contributed by atoms with E-state index in [-0.39, 0.29) is 17.9 Å². The fourth-order valence-corrected chi connectivity index (χ4v) is 1.58. The predicted octanol–water partition coefficient (Wildman–Crippen LogP) is 2.28. The number of benzene rings is 1. The first kappa shape index (κ1) is 13.9. The van der Waals surface area contributed by atoms with E-state index < -0.39 is 19.3 Å². The number of aliphatic hydroxyl groups excluding tert-OH is 1. The standard InChI is InChI=1S/C10H12ClF3N2O/c11-7-1-2-8(15)9(5-7)16(3-4-17)6-10(12,13)14/h1-2,5,17H,3-4,6,15H2. The molecule has 3 N–H and O–H groups in total. The van der Waals surface area contributed by atoms with E-state index in [1.807, 2.05) is 0 Å². The average molecular weight is 269 g/mol. The molecule has 0 amide bonds. The highest BCUT2D eigenvalue weighted by molar-refractivity contribution is 6.31. The van der Waals surface area contributed by atoms with E-state index in [1.165, 1.54) is 18.2 Å². The fraction of sp³-hybridized carbons (Fsp3) is 0.400. The largest absolute Gasteiger partial charge is 0.405 e. The molecule has 17 heavy (non-hydrogen) atoms. The lowest BCUT2D eigenvalue weighted by Crippen LogP contribution is -2.36. The summed E-state index contributed by atoms with van der Waals surface area (Å²) in [7, 11) is 0. The van der Waals surface area contributed by atoms with Gasteiger partial charge in [0.1, 0.15) is 6.54 Å².